The summed E-state index contributed by atoms with van der Waals surface area (Å²) >= 11 is 5.80. The number of nitrogens with one attached hydrogen (secondary N) is 1. The second-order valence-electron chi connectivity index (χ2n) is 9.81. The molecule has 0 aliphatic carbocycles. The number of rotatable bonds is 12. The third kappa shape index (κ3) is 8.25. The summed E-state index contributed by atoms with van der Waals surface area (Å²) < 4.78 is 69.5. The lowest BCUT2D eigenvalue weighted by Crippen LogP contribution is -2.51. The molecular weight excluding hydrogens is 591 g/mol. The van der Waals surface area contributed by atoms with Crippen molar-refractivity contribution in [2.45, 2.75) is 57.3 Å². The summed E-state index contributed by atoms with van der Waals surface area (Å²) in [5.74, 6) is -1.22. The number of carbonyl (C=O) groups excluding carboxylic acids is 2. The number of hydrogen-bond donors (Lipinski definition) is 1. The lowest BCUT2D eigenvalue weighted by molar-refractivity contribution is -0.139. The Labute approximate surface area is 249 Å². The van der Waals surface area contributed by atoms with E-state index in [1.165, 1.54) is 24.0 Å². The molecule has 3 rings (SSSR count). The fourth-order valence-electron chi connectivity index (χ4n) is 4.15. The summed E-state index contributed by atoms with van der Waals surface area (Å²) in [4.78, 5) is 27.9. The maximum absolute atomic E-state index is 13.9. The van der Waals surface area contributed by atoms with Gasteiger partial charge in [0.25, 0.3) is 10.0 Å². The Bertz CT molecular complexity index is 1480. The predicted molar refractivity (Wildman–Crippen MR) is 157 cm³/mol. The molecule has 0 radical (unpaired) electrons. The normalized spacial score (nSPS) is 12.5. The third-order valence-electron chi connectivity index (χ3n) is 6.62. The summed E-state index contributed by atoms with van der Waals surface area (Å²) in [6.45, 7) is 4.73. The second kappa shape index (κ2) is 14.1. The molecule has 1 unspecified atom stereocenters. The van der Waals surface area contributed by atoms with Gasteiger partial charge < -0.3 is 10.2 Å². The van der Waals surface area contributed by atoms with Crippen LogP contribution in [0.3, 0.4) is 0 Å². The van der Waals surface area contributed by atoms with Crippen molar-refractivity contribution in [2.24, 2.45) is 0 Å². The van der Waals surface area contributed by atoms with E-state index >= 15 is 0 Å². The third-order valence-corrected chi connectivity index (χ3v) is 8.74. The van der Waals surface area contributed by atoms with E-state index in [-0.39, 0.29) is 11.4 Å². The molecular formula is C30H33ClF3N3O4S. The first-order chi connectivity index (χ1) is 19.8. The molecule has 3 aromatic carbocycles. The zero-order valence-corrected chi connectivity index (χ0v) is 25.1. The molecule has 42 heavy (non-hydrogen) atoms. The summed E-state index contributed by atoms with van der Waals surface area (Å²) in [6, 6.07) is 16.1. The number of anilines is 1. The molecule has 0 aromatic heterocycles. The molecule has 0 fully saturated rings. The average molecular weight is 624 g/mol. The molecule has 0 heterocycles. The molecule has 12 heteroatoms. The van der Waals surface area contributed by atoms with Gasteiger partial charge in [0.05, 0.1) is 21.2 Å². The summed E-state index contributed by atoms with van der Waals surface area (Å²) in [6.07, 6.45) is -3.30. The fourth-order valence-corrected chi connectivity index (χ4v) is 5.78. The molecule has 7 nitrogen and oxygen atoms in total. The van der Waals surface area contributed by atoms with Gasteiger partial charge in [0, 0.05) is 13.1 Å². The monoisotopic (exact) mass is 623 g/mol. The van der Waals surface area contributed by atoms with Crippen LogP contribution in [0.25, 0.3) is 0 Å². The standard InChI is InChI=1S/C30H33ClF3N3O4S/c1-4-5-17-35-29(39)22(3)36(19-23-9-7-6-8-10-23)28(38)20-37(42(40,41)25-14-11-21(2)12-15-25)24-13-16-27(31)26(18-24)30(32,33)34/h6-16,18,22H,4-5,17,19-20H2,1-3H3,(H,35,39). The van der Waals surface area contributed by atoms with E-state index in [0.29, 0.717) is 22.5 Å². The molecule has 0 saturated heterocycles. The zero-order valence-electron chi connectivity index (χ0n) is 23.5. The minimum absolute atomic E-state index is 0.0329. The largest absolute Gasteiger partial charge is 0.417 e. The van der Waals surface area contributed by atoms with Crippen LogP contribution in [-0.4, -0.2) is 44.3 Å². The van der Waals surface area contributed by atoms with Crippen LogP contribution < -0.4 is 9.62 Å². The number of sulfonamides is 1. The molecule has 0 aliphatic rings. The van der Waals surface area contributed by atoms with Gasteiger partial charge in [-0.3, -0.25) is 13.9 Å². The van der Waals surface area contributed by atoms with E-state index in [0.717, 1.165) is 30.5 Å². The fraction of sp³-hybridized carbons (Fsp3) is 0.333. The Hall–Kier alpha value is -3.57. The van der Waals surface area contributed by atoms with E-state index in [1.54, 1.807) is 49.4 Å². The first kappa shape index (κ1) is 32.9. The van der Waals surface area contributed by atoms with Crippen LogP contribution in [-0.2, 0) is 32.3 Å². The number of unbranched alkanes of at least 4 members (excludes halogenated alkanes) is 1. The molecule has 0 spiro atoms. The number of carbonyl (C=O) groups is 2. The van der Waals surface area contributed by atoms with Crippen LogP contribution in [0.15, 0.2) is 77.7 Å². The first-order valence-corrected chi connectivity index (χ1v) is 15.1. The lowest BCUT2D eigenvalue weighted by Gasteiger charge is -2.32. The molecule has 0 saturated carbocycles. The smallest absolute Gasteiger partial charge is 0.354 e. The SMILES string of the molecule is CCCCNC(=O)C(C)N(Cc1ccccc1)C(=O)CN(c1ccc(Cl)c(C(F)(F)F)c1)S(=O)(=O)c1ccc(C)cc1. The zero-order chi connectivity index (χ0) is 31.1. The van der Waals surface area contributed by atoms with E-state index in [1.807, 2.05) is 6.92 Å². The predicted octanol–water partition coefficient (Wildman–Crippen LogP) is 6.20. The number of halogens is 4. The molecule has 0 aliphatic heterocycles. The van der Waals surface area contributed by atoms with Crippen LogP contribution in [0.4, 0.5) is 18.9 Å². The van der Waals surface area contributed by atoms with Gasteiger partial charge in [-0.1, -0.05) is 73.0 Å². The van der Waals surface area contributed by atoms with Gasteiger partial charge in [0.15, 0.2) is 0 Å². The second-order valence-corrected chi connectivity index (χ2v) is 12.1. The Kier molecular flexibility index (Phi) is 11.0. The highest BCUT2D eigenvalue weighted by molar-refractivity contribution is 7.92. The van der Waals surface area contributed by atoms with Crippen molar-refractivity contribution >= 4 is 39.1 Å². The van der Waals surface area contributed by atoms with Crippen molar-refractivity contribution in [1.29, 1.82) is 0 Å². The molecule has 1 N–H and O–H groups in total. The molecule has 226 valence electrons. The number of nitrogens with zero attached hydrogens (tertiary/aromatic N) is 2. The van der Waals surface area contributed by atoms with E-state index in [9.17, 15) is 31.2 Å². The van der Waals surface area contributed by atoms with Crippen molar-refractivity contribution in [1.82, 2.24) is 10.2 Å². The summed E-state index contributed by atoms with van der Waals surface area (Å²) in [5, 5.41) is 2.16. The average Bonchev–Trinajstić information content (AvgIpc) is 2.94. The topological polar surface area (TPSA) is 86.8 Å². The van der Waals surface area contributed by atoms with Crippen LogP contribution >= 0.6 is 11.6 Å². The minimum Gasteiger partial charge on any atom is -0.354 e. The van der Waals surface area contributed by atoms with Crippen molar-refractivity contribution in [3.05, 3.63) is 94.5 Å². The Morgan fingerprint density at radius 1 is 1.00 bits per heavy atom. The maximum atomic E-state index is 13.9. The quantitative estimate of drug-likeness (QED) is 0.244. The Balaban J connectivity index is 2.08. The number of amides is 2. The van der Waals surface area contributed by atoms with E-state index < -0.39 is 56.9 Å². The Morgan fingerprint density at radius 3 is 2.24 bits per heavy atom. The molecule has 1 atom stereocenters. The number of benzene rings is 3. The van der Waals surface area contributed by atoms with Gasteiger partial charge in [0.1, 0.15) is 12.6 Å². The Morgan fingerprint density at radius 2 is 1.64 bits per heavy atom. The van der Waals surface area contributed by atoms with Crippen LogP contribution in [0, 0.1) is 6.92 Å². The molecule has 0 bridgehead atoms. The summed E-state index contributed by atoms with van der Waals surface area (Å²) in [5.41, 5.74) is -0.208. The minimum atomic E-state index is -4.87. The van der Waals surface area contributed by atoms with Gasteiger partial charge in [-0.25, -0.2) is 8.42 Å². The number of alkyl halides is 3. The van der Waals surface area contributed by atoms with Crippen LogP contribution in [0.1, 0.15) is 43.4 Å². The van der Waals surface area contributed by atoms with Crippen LogP contribution in [0.5, 0.6) is 0 Å². The lowest BCUT2D eigenvalue weighted by atomic mass is 10.1. The number of aryl methyl sites for hydroxylation is 1. The van der Waals surface area contributed by atoms with Crippen molar-refractivity contribution < 1.29 is 31.2 Å². The van der Waals surface area contributed by atoms with E-state index in [4.69, 9.17) is 11.6 Å². The first-order valence-electron chi connectivity index (χ1n) is 13.3. The maximum Gasteiger partial charge on any atom is 0.417 e. The van der Waals surface area contributed by atoms with Crippen LogP contribution in [0.2, 0.25) is 5.02 Å². The molecule has 3 aromatic rings. The van der Waals surface area contributed by atoms with Gasteiger partial charge in [-0.15, -0.1) is 0 Å². The van der Waals surface area contributed by atoms with Gasteiger partial charge in [0.2, 0.25) is 11.8 Å². The molecule has 2 amide bonds. The van der Waals surface area contributed by atoms with Gasteiger partial charge in [-0.2, -0.15) is 13.2 Å². The van der Waals surface area contributed by atoms with Crippen molar-refractivity contribution in [3.8, 4) is 0 Å². The summed E-state index contributed by atoms with van der Waals surface area (Å²) in [7, 11) is -4.54. The van der Waals surface area contributed by atoms with Gasteiger partial charge in [-0.05, 0) is 56.2 Å². The highest BCUT2D eigenvalue weighted by Gasteiger charge is 2.37. The van der Waals surface area contributed by atoms with Crippen molar-refractivity contribution in [2.75, 3.05) is 17.4 Å². The number of hydrogen-bond acceptors (Lipinski definition) is 4. The van der Waals surface area contributed by atoms with Gasteiger partial charge >= 0.3 is 6.18 Å². The highest BCUT2D eigenvalue weighted by atomic mass is 35.5. The van der Waals surface area contributed by atoms with E-state index in [2.05, 4.69) is 5.32 Å². The highest BCUT2D eigenvalue weighted by Crippen LogP contribution is 2.38. The van der Waals surface area contributed by atoms with Crippen molar-refractivity contribution in [3.63, 3.8) is 0 Å².